The lowest BCUT2D eigenvalue weighted by molar-refractivity contribution is 0.0912. The first-order valence-electron chi connectivity index (χ1n) is 6.13. The standard InChI is InChI=1S/C11H23NO3S/c1-3-4-9-16(14,15)12-7-5-11(6-8-12)10(2)13/h10-11,13H,3-9H2,1-2H3. The van der Waals surface area contributed by atoms with Gasteiger partial charge in [0.05, 0.1) is 11.9 Å². The van der Waals surface area contributed by atoms with Crippen molar-refractivity contribution >= 4 is 10.0 Å². The first kappa shape index (κ1) is 13.9. The van der Waals surface area contributed by atoms with Crippen molar-refractivity contribution in [3.63, 3.8) is 0 Å². The minimum Gasteiger partial charge on any atom is -0.393 e. The molecular weight excluding hydrogens is 226 g/mol. The summed E-state index contributed by atoms with van der Waals surface area (Å²) in [7, 11) is -3.04. The Labute approximate surface area is 98.7 Å². The first-order valence-corrected chi connectivity index (χ1v) is 7.74. The lowest BCUT2D eigenvalue weighted by Gasteiger charge is -2.32. The van der Waals surface area contributed by atoms with Crippen LogP contribution in [0, 0.1) is 5.92 Å². The van der Waals surface area contributed by atoms with E-state index >= 15 is 0 Å². The fraction of sp³-hybridized carbons (Fsp3) is 1.00. The van der Waals surface area contributed by atoms with Crippen LogP contribution in [0.4, 0.5) is 0 Å². The van der Waals surface area contributed by atoms with Gasteiger partial charge in [-0.15, -0.1) is 0 Å². The van der Waals surface area contributed by atoms with E-state index in [1.807, 2.05) is 6.92 Å². The van der Waals surface area contributed by atoms with Gasteiger partial charge in [0.2, 0.25) is 10.0 Å². The SMILES string of the molecule is CCCCS(=O)(=O)N1CCC(C(C)O)CC1. The van der Waals surface area contributed by atoms with Crippen LogP contribution in [0.1, 0.15) is 39.5 Å². The molecule has 0 aromatic rings. The minimum atomic E-state index is -3.04. The molecule has 0 spiro atoms. The van der Waals surface area contributed by atoms with E-state index < -0.39 is 10.0 Å². The molecule has 0 aromatic heterocycles. The van der Waals surface area contributed by atoms with Gasteiger partial charge in [-0.1, -0.05) is 13.3 Å². The molecule has 1 atom stereocenters. The van der Waals surface area contributed by atoms with Gasteiger partial charge in [-0.05, 0) is 32.1 Å². The molecule has 1 unspecified atom stereocenters. The zero-order valence-corrected chi connectivity index (χ0v) is 11.0. The summed E-state index contributed by atoms with van der Waals surface area (Å²) in [6.07, 6.45) is 2.88. The van der Waals surface area contributed by atoms with Gasteiger partial charge in [-0.2, -0.15) is 0 Å². The van der Waals surface area contributed by atoms with Gasteiger partial charge in [0.1, 0.15) is 0 Å². The highest BCUT2D eigenvalue weighted by atomic mass is 32.2. The highest BCUT2D eigenvalue weighted by Gasteiger charge is 2.29. The number of aliphatic hydroxyl groups excluding tert-OH is 1. The van der Waals surface area contributed by atoms with Gasteiger partial charge in [0.15, 0.2) is 0 Å². The Bertz CT molecular complexity index is 292. The lowest BCUT2D eigenvalue weighted by Crippen LogP contribution is -2.41. The van der Waals surface area contributed by atoms with Crippen LogP contribution in [0.25, 0.3) is 0 Å². The van der Waals surface area contributed by atoms with Gasteiger partial charge in [-0.3, -0.25) is 0 Å². The molecule has 0 radical (unpaired) electrons. The van der Waals surface area contributed by atoms with Gasteiger partial charge >= 0.3 is 0 Å². The molecule has 1 saturated heterocycles. The van der Waals surface area contributed by atoms with E-state index in [0.717, 1.165) is 25.7 Å². The summed E-state index contributed by atoms with van der Waals surface area (Å²) in [4.78, 5) is 0. The highest BCUT2D eigenvalue weighted by molar-refractivity contribution is 7.89. The summed E-state index contributed by atoms with van der Waals surface area (Å²) in [5.74, 6) is 0.528. The summed E-state index contributed by atoms with van der Waals surface area (Å²) in [6, 6.07) is 0. The maximum atomic E-state index is 11.9. The molecule has 0 aliphatic carbocycles. The Kier molecular flexibility index (Phi) is 5.21. The Balaban J connectivity index is 2.47. The van der Waals surface area contributed by atoms with Crippen LogP contribution in [0.5, 0.6) is 0 Å². The van der Waals surface area contributed by atoms with Crippen LogP contribution in [0.2, 0.25) is 0 Å². The van der Waals surface area contributed by atoms with E-state index in [1.54, 1.807) is 11.2 Å². The fourth-order valence-corrected chi connectivity index (χ4v) is 3.77. The number of sulfonamides is 1. The summed E-state index contributed by atoms with van der Waals surface area (Å²) >= 11 is 0. The second-order valence-electron chi connectivity index (χ2n) is 4.65. The Morgan fingerprint density at radius 1 is 1.38 bits per heavy atom. The van der Waals surface area contributed by atoms with E-state index in [9.17, 15) is 13.5 Å². The minimum absolute atomic E-state index is 0.262. The second-order valence-corrected chi connectivity index (χ2v) is 6.74. The molecule has 0 bridgehead atoms. The summed E-state index contributed by atoms with van der Waals surface area (Å²) in [5, 5.41) is 9.44. The predicted molar refractivity (Wildman–Crippen MR) is 64.7 cm³/mol. The molecule has 5 heteroatoms. The van der Waals surface area contributed by atoms with Gasteiger partial charge in [-0.25, -0.2) is 12.7 Å². The van der Waals surface area contributed by atoms with Crippen LogP contribution in [0.3, 0.4) is 0 Å². The van der Waals surface area contributed by atoms with Crippen LogP contribution >= 0.6 is 0 Å². The van der Waals surface area contributed by atoms with E-state index in [0.29, 0.717) is 13.1 Å². The molecule has 1 aliphatic heterocycles. The largest absolute Gasteiger partial charge is 0.393 e. The number of nitrogens with zero attached hydrogens (tertiary/aromatic N) is 1. The van der Waals surface area contributed by atoms with Crippen molar-refractivity contribution < 1.29 is 13.5 Å². The number of unbranched alkanes of at least 4 members (excludes halogenated alkanes) is 1. The topological polar surface area (TPSA) is 57.6 Å². The molecule has 1 aliphatic rings. The molecule has 1 fully saturated rings. The Morgan fingerprint density at radius 2 is 1.94 bits per heavy atom. The van der Waals surface area contributed by atoms with Crippen molar-refractivity contribution in [2.75, 3.05) is 18.8 Å². The molecule has 96 valence electrons. The number of aliphatic hydroxyl groups is 1. The summed E-state index contributed by atoms with van der Waals surface area (Å²) < 4.78 is 25.4. The first-order chi connectivity index (χ1) is 7.47. The third-order valence-electron chi connectivity index (χ3n) is 3.33. The maximum absolute atomic E-state index is 11.9. The van der Waals surface area contributed by atoms with E-state index in [4.69, 9.17) is 0 Å². The summed E-state index contributed by atoms with van der Waals surface area (Å²) in [5.41, 5.74) is 0. The highest BCUT2D eigenvalue weighted by Crippen LogP contribution is 2.22. The molecule has 0 amide bonds. The van der Waals surface area contributed by atoms with Crippen molar-refractivity contribution in [3.05, 3.63) is 0 Å². The van der Waals surface area contributed by atoms with Gasteiger partial charge in [0, 0.05) is 13.1 Å². The lowest BCUT2D eigenvalue weighted by atomic mass is 9.93. The molecule has 1 N–H and O–H groups in total. The third-order valence-corrected chi connectivity index (χ3v) is 5.29. The predicted octanol–water partition coefficient (Wildman–Crippen LogP) is 1.21. The maximum Gasteiger partial charge on any atom is 0.214 e. The van der Waals surface area contributed by atoms with Crippen molar-refractivity contribution in [2.24, 2.45) is 5.92 Å². The van der Waals surface area contributed by atoms with E-state index in [1.165, 1.54) is 0 Å². The van der Waals surface area contributed by atoms with Crippen LogP contribution in [-0.2, 0) is 10.0 Å². The molecule has 1 heterocycles. The molecule has 1 rings (SSSR count). The average Bonchev–Trinajstić information content (AvgIpc) is 2.26. The molecular formula is C11H23NO3S. The summed E-state index contributed by atoms with van der Waals surface area (Å²) in [6.45, 7) is 4.92. The molecule has 16 heavy (non-hydrogen) atoms. The number of hydrogen-bond donors (Lipinski definition) is 1. The average molecular weight is 249 g/mol. The Hall–Kier alpha value is -0.130. The second kappa shape index (κ2) is 5.98. The number of hydrogen-bond acceptors (Lipinski definition) is 3. The fourth-order valence-electron chi connectivity index (χ4n) is 2.09. The van der Waals surface area contributed by atoms with Crippen LogP contribution in [0.15, 0.2) is 0 Å². The zero-order valence-electron chi connectivity index (χ0n) is 10.2. The zero-order chi connectivity index (χ0) is 12.2. The van der Waals surface area contributed by atoms with Crippen molar-refractivity contribution in [1.29, 1.82) is 0 Å². The van der Waals surface area contributed by atoms with Crippen molar-refractivity contribution in [3.8, 4) is 0 Å². The smallest absolute Gasteiger partial charge is 0.214 e. The molecule has 0 saturated carbocycles. The van der Waals surface area contributed by atoms with Crippen LogP contribution < -0.4 is 0 Å². The van der Waals surface area contributed by atoms with Crippen LogP contribution in [-0.4, -0.2) is 42.8 Å². The quantitative estimate of drug-likeness (QED) is 0.796. The molecule has 0 aromatic carbocycles. The van der Waals surface area contributed by atoms with Crippen molar-refractivity contribution in [1.82, 2.24) is 4.31 Å². The van der Waals surface area contributed by atoms with E-state index in [-0.39, 0.29) is 17.8 Å². The van der Waals surface area contributed by atoms with Gasteiger partial charge in [0.25, 0.3) is 0 Å². The van der Waals surface area contributed by atoms with E-state index in [2.05, 4.69) is 0 Å². The van der Waals surface area contributed by atoms with Crippen molar-refractivity contribution in [2.45, 2.75) is 45.6 Å². The monoisotopic (exact) mass is 249 g/mol. The number of piperidine rings is 1. The molecule has 4 nitrogen and oxygen atoms in total. The third kappa shape index (κ3) is 3.71. The normalized spacial score (nSPS) is 22.2. The Morgan fingerprint density at radius 3 is 2.38 bits per heavy atom. The number of rotatable bonds is 5. The van der Waals surface area contributed by atoms with Gasteiger partial charge < -0.3 is 5.11 Å².